The van der Waals surface area contributed by atoms with E-state index in [1.54, 1.807) is 27.7 Å². The fourth-order valence-electron chi connectivity index (χ4n) is 5.75. The molecule has 10 nitrogen and oxygen atoms in total. The van der Waals surface area contributed by atoms with Crippen LogP contribution in [-0.2, 0) is 28.7 Å². The molecule has 2 rings (SSSR count). The molecule has 0 saturated carbocycles. The number of rotatable bonds is 13. The Balaban J connectivity index is 1.99. The van der Waals surface area contributed by atoms with Gasteiger partial charge in [0.2, 0.25) is 0 Å². The Morgan fingerprint density at radius 3 is 1.31 bits per heavy atom. The van der Waals surface area contributed by atoms with Crippen molar-refractivity contribution in [3.05, 3.63) is 45.2 Å². The van der Waals surface area contributed by atoms with Gasteiger partial charge >= 0.3 is 11.9 Å². The molecule has 42 heavy (non-hydrogen) atoms. The third-order valence-electron chi connectivity index (χ3n) is 7.93. The zero-order valence-corrected chi connectivity index (χ0v) is 26.4. The van der Waals surface area contributed by atoms with Gasteiger partial charge in [-0.2, -0.15) is 0 Å². The van der Waals surface area contributed by atoms with Crippen LogP contribution >= 0.6 is 0 Å². The smallest absolute Gasteiger partial charge is 0.338 e. The maximum absolute atomic E-state index is 12.9. The molecular weight excluding hydrogens is 540 g/mol. The molecule has 0 aromatic heterocycles. The SMILES string of the molecule is CCC(NCCCCCCNC(CC)=C1C(=O)CC(C)(C)C(C(=O)OC)=C1O)=C1C(=O)CC(C)(C)C(C(=O)OC)=C1O. The van der Waals surface area contributed by atoms with E-state index in [0.717, 1.165) is 25.7 Å². The first kappa shape index (κ1) is 34.6. The number of nitrogens with one attached hydrogen (secondary N) is 2. The van der Waals surface area contributed by atoms with Gasteiger partial charge in [0, 0.05) is 48.2 Å². The quantitative estimate of drug-likeness (QED) is 0.131. The van der Waals surface area contributed by atoms with Crippen LogP contribution in [0.2, 0.25) is 0 Å². The molecule has 0 saturated heterocycles. The summed E-state index contributed by atoms with van der Waals surface area (Å²) in [5.41, 5.74) is 0.125. The summed E-state index contributed by atoms with van der Waals surface area (Å²) < 4.78 is 9.73. The van der Waals surface area contributed by atoms with Gasteiger partial charge in [-0.15, -0.1) is 0 Å². The minimum atomic E-state index is -0.822. The molecule has 0 heterocycles. The average Bonchev–Trinajstić information content (AvgIpc) is 2.90. The Hall–Kier alpha value is -3.56. The van der Waals surface area contributed by atoms with Crippen LogP contribution in [-0.4, -0.2) is 61.0 Å². The number of ketones is 2. The molecule has 0 aromatic rings. The maximum Gasteiger partial charge on any atom is 0.338 e. The second-order valence-corrected chi connectivity index (χ2v) is 12.1. The molecule has 0 fully saturated rings. The van der Waals surface area contributed by atoms with E-state index in [9.17, 15) is 29.4 Å². The molecule has 0 amide bonds. The van der Waals surface area contributed by atoms with Gasteiger partial charge < -0.3 is 30.3 Å². The van der Waals surface area contributed by atoms with Crippen molar-refractivity contribution in [2.45, 2.75) is 92.9 Å². The Morgan fingerprint density at radius 2 is 1.02 bits per heavy atom. The van der Waals surface area contributed by atoms with E-state index in [1.165, 1.54) is 14.2 Å². The third-order valence-corrected chi connectivity index (χ3v) is 7.93. The van der Waals surface area contributed by atoms with Gasteiger partial charge in [-0.3, -0.25) is 9.59 Å². The Morgan fingerprint density at radius 1 is 0.690 bits per heavy atom. The van der Waals surface area contributed by atoms with Gasteiger partial charge in [-0.25, -0.2) is 9.59 Å². The van der Waals surface area contributed by atoms with E-state index in [0.29, 0.717) is 37.3 Å². The summed E-state index contributed by atoms with van der Waals surface area (Å²) in [5, 5.41) is 28.4. The zero-order valence-electron chi connectivity index (χ0n) is 26.4. The third kappa shape index (κ3) is 7.63. The highest BCUT2D eigenvalue weighted by molar-refractivity contribution is 6.07. The average molecular weight is 589 g/mol. The molecule has 0 atom stereocenters. The molecule has 0 spiro atoms. The van der Waals surface area contributed by atoms with Crippen LogP contribution < -0.4 is 10.6 Å². The summed E-state index contributed by atoms with van der Waals surface area (Å²) >= 11 is 0. The van der Waals surface area contributed by atoms with E-state index in [1.807, 2.05) is 13.8 Å². The highest BCUT2D eigenvalue weighted by Crippen LogP contribution is 2.42. The monoisotopic (exact) mass is 588 g/mol. The summed E-state index contributed by atoms with van der Waals surface area (Å²) in [6.45, 7) is 11.9. The first-order valence-electron chi connectivity index (χ1n) is 14.7. The lowest BCUT2D eigenvalue weighted by Gasteiger charge is -2.32. The van der Waals surface area contributed by atoms with Crippen molar-refractivity contribution in [3.63, 3.8) is 0 Å². The Labute approximate surface area is 249 Å². The Kier molecular flexibility index (Phi) is 12.0. The summed E-state index contributed by atoms with van der Waals surface area (Å²) in [4.78, 5) is 50.5. The van der Waals surface area contributed by atoms with Gasteiger partial charge in [0.1, 0.15) is 11.5 Å². The first-order chi connectivity index (χ1) is 19.7. The minimum Gasteiger partial charge on any atom is -0.507 e. The van der Waals surface area contributed by atoms with Crippen molar-refractivity contribution in [3.8, 4) is 0 Å². The van der Waals surface area contributed by atoms with E-state index >= 15 is 0 Å². The lowest BCUT2D eigenvalue weighted by Crippen LogP contribution is -2.35. The van der Waals surface area contributed by atoms with Crippen molar-refractivity contribution >= 4 is 23.5 Å². The molecule has 0 unspecified atom stereocenters. The number of carbonyl (C=O) groups is 4. The lowest BCUT2D eigenvalue weighted by molar-refractivity contribution is -0.139. The first-order valence-corrected chi connectivity index (χ1v) is 14.7. The topological polar surface area (TPSA) is 151 Å². The summed E-state index contributed by atoms with van der Waals surface area (Å²) in [6, 6.07) is 0. The molecule has 10 heteroatoms. The summed E-state index contributed by atoms with van der Waals surface area (Å²) in [6.07, 6.45) is 4.65. The predicted molar refractivity (Wildman–Crippen MR) is 159 cm³/mol. The number of allylic oxidation sites excluding steroid dienone is 4. The lowest BCUT2D eigenvalue weighted by atomic mass is 9.72. The van der Waals surface area contributed by atoms with Crippen LogP contribution in [0.4, 0.5) is 0 Å². The second-order valence-electron chi connectivity index (χ2n) is 12.1. The van der Waals surface area contributed by atoms with E-state index < -0.39 is 22.8 Å². The number of hydrogen-bond donors (Lipinski definition) is 4. The van der Waals surface area contributed by atoms with Gasteiger partial charge in [0.05, 0.1) is 36.5 Å². The number of ether oxygens (including phenoxy) is 2. The Bertz CT molecular complexity index is 1120. The van der Waals surface area contributed by atoms with Crippen molar-refractivity contribution in [2.75, 3.05) is 27.3 Å². The highest BCUT2D eigenvalue weighted by atomic mass is 16.5. The fourth-order valence-corrected chi connectivity index (χ4v) is 5.75. The van der Waals surface area contributed by atoms with Crippen molar-refractivity contribution < 1.29 is 38.9 Å². The number of aliphatic hydroxyl groups is 2. The molecule has 4 N–H and O–H groups in total. The number of carbonyl (C=O) groups excluding carboxylic acids is 4. The van der Waals surface area contributed by atoms with Gasteiger partial charge in [0.15, 0.2) is 11.6 Å². The standard InChI is InChI=1S/C32H48N2O8/c1-9-19(23-21(35)17-31(3,4)25(27(23)37)29(39)41-7)33-15-13-11-12-14-16-34-20(10-2)24-22(36)18-32(5,6)26(28(24)38)30(40)42-8/h33-34,37-38H,9-18H2,1-8H3. The predicted octanol–water partition coefficient (Wildman–Crippen LogP) is 5.02. The van der Waals surface area contributed by atoms with Crippen LogP contribution in [0.15, 0.2) is 45.2 Å². The summed E-state index contributed by atoms with van der Waals surface area (Å²) in [5.74, 6) is -2.31. The van der Waals surface area contributed by atoms with Crippen molar-refractivity contribution in [1.82, 2.24) is 10.6 Å². The fraction of sp³-hybridized carbons (Fsp3) is 0.625. The molecule has 0 radical (unpaired) electrons. The van der Waals surface area contributed by atoms with Crippen LogP contribution in [0.3, 0.4) is 0 Å². The number of methoxy groups -OCH3 is 2. The highest BCUT2D eigenvalue weighted by Gasteiger charge is 2.44. The van der Waals surface area contributed by atoms with Gasteiger partial charge in [-0.1, -0.05) is 54.4 Å². The second kappa shape index (κ2) is 14.6. The number of aliphatic hydroxyl groups excluding tert-OH is 2. The normalized spacial score (nSPS) is 20.8. The number of Topliss-reactive ketones (excluding diaryl/α,β-unsaturated/α-hetero) is 2. The van der Waals surface area contributed by atoms with Gasteiger partial charge in [0.25, 0.3) is 0 Å². The molecule has 234 valence electrons. The summed E-state index contributed by atoms with van der Waals surface area (Å²) in [7, 11) is 2.51. The van der Waals surface area contributed by atoms with Crippen LogP contribution in [0.5, 0.6) is 0 Å². The molecular formula is C32H48N2O8. The van der Waals surface area contributed by atoms with Crippen molar-refractivity contribution in [2.24, 2.45) is 10.8 Å². The number of unbranched alkanes of at least 4 members (excludes halogenated alkanes) is 3. The van der Waals surface area contributed by atoms with Gasteiger partial charge in [-0.05, 0) is 25.7 Å². The van der Waals surface area contributed by atoms with E-state index in [2.05, 4.69) is 10.6 Å². The number of esters is 2. The maximum atomic E-state index is 12.9. The largest absolute Gasteiger partial charge is 0.507 e. The molecule has 0 aliphatic heterocycles. The van der Waals surface area contributed by atoms with Crippen LogP contribution in [0, 0.1) is 10.8 Å². The van der Waals surface area contributed by atoms with Crippen LogP contribution in [0.1, 0.15) is 92.9 Å². The van der Waals surface area contributed by atoms with E-state index in [-0.39, 0.29) is 58.2 Å². The molecule has 0 aromatic carbocycles. The zero-order chi connectivity index (χ0) is 31.8. The van der Waals surface area contributed by atoms with Crippen LogP contribution in [0.25, 0.3) is 0 Å². The molecule has 0 bridgehead atoms. The molecule has 2 aliphatic rings. The minimum absolute atomic E-state index is 0.103. The number of hydrogen-bond acceptors (Lipinski definition) is 10. The van der Waals surface area contributed by atoms with E-state index in [4.69, 9.17) is 9.47 Å². The molecule has 2 aliphatic carbocycles. The van der Waals surface area contributed by atoms with Crippen molar-refractivity contribution in [1.29, 1.82) is 0 Å².